The molecule has 0 radical (unpaired) electrons. The van der Waals surface area contributed by atoms with Crippen LogP contribution in [0, 0.1) is 0 Å². The van der Waals surface area contributed by atoms with Crippen LogP contribution in [-0.2, 0) is 9.09 Å². The quantitative estimate of drug-likeness (QED) is 0.0643. The first-order valence-electron chi connectivity index (χ1n) is 13.7. The summed E-state index contributed by atoms with van der Waals surface area (Å²) in [5, 5.41) is 20.4. The summed E-state index contributed by atoms with van der Waals surface area (Å²) in [4.78, 5) is 10.5. The molecule has 0 bridgehead atoms. The number of aliphatic hydroxyl groups is 2. The van der Waals surface area contributed by atoms with Crippen LogP contribution in [-0.4, -0.2) is 65.3 Å². The van der Waals surface area contributed by atoms with Crippen LogP contribution in [0.15, 0.2) is 0 Å². The van der Waals surface area contributed by atoms with Crippen LogP contribution >= 0.6 is 7.60 Å². The number of rotatable bonds is 23. The topological polar surface area (TPSA) is 87.0 Å². The zero-order valence-electron chi connectivity index (χ0n) is 22.6. The molecule has 0 heterocycles. The Morgan fingerprint density at radius 3 is 1.61 bits per heavy atom. The molecular weight excluding hydrogens is 437 g/mol. The van der Waals surface area contributed by atoms with Crippen molar-refractivity contribution in [3.05, 3.63) is 0 Å². The van der Waals surface area contributed by atoms with Gasteiger partial charge in [0, 0.05) is 12.8 Å². The molecule has 3 atom stereocenters. The largest absolute Gasteiger partial charge is 0.395 e. The molecule has 0 saturated carbocycles. The van der Waals surface area contributed by atoms with Gasteiger partial charge in [0.15, 0.2) is 5.79 Å². The molecule has 0 aliphatic rings. The van der Waals surface area contributed by atoms with Crippen LogP contribution < -0.4 is 0 Å². The third-order valence-corrected chi connectivity index (χ3v) is 8.53. The van der Waals surface area contributed by atoms with Crippen molar-refractivity contribution in [2.75, 3.05) is 34.3 Å². The normalized spacial score (nSPS) is 17.0. The lowest BCUT2D eigenvalue weighted by atomic mass is 10.0. The standard InChI is InChI=1S/C26H56NO5P/c1-6-8-9-10-11-12-13-14-15-16-17-18-19-20-22-26(29,7-2)32-33(30,31)25(24-28)21-23-27(3,4)5/h25,28-29H,6-24H2,1-5H3/p+1. The molecule has 0 saturated heterocycles. The number of hydrogen-bond acceptors (Lipinski definition) is 4. The Balaban J connectivity index is 4.05. The highest BCUT2D eigenvalue weighted by atomic mass is 31.2. The Kier molecular flexibility index (Phi) is 18.3. The fourth-order valence-corrected chi connectivity index (χ4v) is 5.60. The van der Waals surface area contributed by atoms with E-state index in [1.54, 1.807) is 6.92 Å². The maximum Gasteiger partial charge on any atom is 0.336 e. The highest BCUT2D eigenvalue weighted by molar-refractivity contribution is 7.53. The van der Waals surface area contributed by atoms with E-state index in [2.05, 4.69) is 6.92 Å². The van der Waals surface area contributed by atoms with Gasteiger partial charge in [-0.3, -0.25) is 9.09 Å². The van der Waals surface area contributed by atoms with E-state index >= 15 is 0 Å². The van der Waals surface area contributed by atoms with Crippen LogP contribution in [0.5, 0.6) is 0 Å². The Bertz CT molecular complexity index is 511. The van der Waals surface area contributed by atoms with Gasteiger partial charge in [0.2, 0.25) is 0 Å². The first-order valence-corrected chi connectivity index (χ1v) is 15.3. The van der Waals surface area contributed by atoms with Gasteiger partial charge in [0.1, 0.15) is 0 Å². The fraction of sp³-hybridized carbons (Fsp3) is 1.00. The lowest BCUT2D eigenvalue weighted by molar-refractivity contribution is -0.870. The van der Waals surface area contributed by atoms with E-state index in [-0.39, 0.29) is 6.42 Å². The van der Waals surface area contributed by atoms with Crippen LogP contribution in [0.4, 0.5) is 0 Å². The predicted molar refractivity (Wildman–Crippen MR) is 139 cm³/mol. The van der Waals surface area contributed by atoms with Gasteiger partial charge in [-0.05, 0) is 12.8 Å². The lowest BCUT2D eigenvalue weighted by Crippen LogP contribution is -2.38. The molecule has 0 rings (SSSR count). The van der Waals surface area contributed by atoms with Crippen molar-refractivity contribution in [1.29, 1.82) is 0 Å². The number of nitrogens with zero attached hydrogens (tertiary/aromatic N) is 1. The van der Waals surface area contributed by atoms with Gasteiger partial charge in [0.05, 0.1) is 40.0 Å². The molecule has 0 amide bonds. The van der Waals surface area contributed by atoms with Crippen molar-refractivity contribution in [2.24, 2.45) is 0 Å². The minimum Gasteiger partial charge on any atom is -0.395 e. The summed E-state index contributed by atoms with van der Waals surface area (Å²) in [5.74, 6) is -1.61. The second-order valence-electron chi connectivity index (χ2n) is 10.9. The van der Waals surface area contributed by atoms with Crippen molar-refractivity contribution in [2.45, 2.75) is 134 Å². The highest BCUT2D eigenvalue weighted by Gasteiger charge is 2.40. The van der Waals surface area contributed by atoms with Gasteiger partial charge in [0.25, 0.3) is 0 Å². The van der Waals surface area contributed by atoms with Gasteiger partial charge in [-0.1, -0.05) is 97.3 Å². The first-order chi connectivity index (χ1) is 15.5. The van der Waals surface area contributed by atoms with E-state index in [1.807, 2.05) is 21.1 Å². The van der Waals surface area contributed by atoms with Crippen LogP contribution in [0.2, 0.25) is 0 Å². The molecule has 7 heteroatoms. The summed E-state index contributed by atoms with van der Waals surface area (Å²) in [6, 6.07) is 0. The van der Waals surface area contributed by atoms with Gasteiger partial charge in [-0.2, -0.15) is 0 Å². The second kappa shape index (κ2) is 18.3. The van der Waals surface area contributed by atoms with Gasteiger partial charge in [-0.25, -0.2) is 0 Å². The summed E-state index contributed by atoms with van der Waals surface area (Å²) >= 11 is 0. The molecule has 6 nitrogen and oxygen atoms in total. The number of quaternary nitrogens is 1. The third-order valence-electron chi connectivity index (χ3n) is 6.58. The highest BCUT2D eigenvalue weighted by Crippen LogP contribution is 2.53. The summed E-state index contributed by atoms with van der Waals surface area (Å²) in [7, 11) is 1.86. The molecular formula is C26H57NO5P+. The molecule has 200 valence electrons. The van der Waals surface area contributed by atoms with E-state index in [4.69, 9.17) is 4.52 Å². The second-order valence-corrected chi connectivity index (χ2v) is 13.0. The summed E-state index contributed by atoms with van der Waals surface area (Å²) in [6.45, 7) is 4.24. The molecule has 3 N–H and O–H groups in total. The van der Waals surface area contributed by atoms with E-state index in [0.29, 0.717) is 23.9 Å². The van der Waals surface area contributed by atoms with Crippen molar-refractivity contribution >= 4 is 7.60 Å². The smallest absolute Gasteiger partial charge is 0.336 e. The Labute approximate surface area is 205 Å². The Morgan fingerprint density at radius 2 is 1.24 bits per heavy atom. The summed E-state index contributed by atoms with van der Waals surface area (Å²) in [5.41, 5.74) is -0.871. The average molecular weight is 495 g/mol. The molecule has 0 aromatic heterocycles. The van der Waals surface area contributed by atoms with E-state index in [0.717, 1.165) is 19.3 Å². The van der Waals surface area contributed by atoms with Gasteiger partial charge in [-0.15, -0.1) is 0 Å². The molecule has 33 heavy (non-hydrogen) atoms. The first kappa shape index (κ1) is 33.0. The number of aliphatic hydroxyl groups excluding tert-OH is 1. The summed E-state index contributed by atoms with van der Waals surface area (Å²) < 4.78 is 18.8. The van der Waals surface area contributed by atoms with Crippen LogP contribution in [0.3, 0.4) is 0 Å². The van der Waals surface area contributed by atoms with E-state index in [9.17, 15) is 19.7 Å². The SMILES string of the molecule is CCCCCCCCCCCCCCCCC(O)(CC)OP(=O)(O)C(CO)CC[N+](C)(C)C. The maximum atomic E-state index is 12.8. The van der Waals surface area contributed by atoms with E-state index in [1.165, 1.54) is 70.6 Å². The fourth-order valence-electron chi connectivity index (χ4n) is 4.09. The zero-order chi connectivity index (χ0) is 25.2. The van der Waals surface area contributed by atoms with Crippen molar-refractivity contribution < 1.29 is 28.7 Å². The number of hydrogen-bond donors (Lipinski definition) is 3. The predicted octanol–water partition coefficient (Wildman–Crippen LogP) is 6.62. The molecule has 0 aromatic rings. The maximum absolute atomic E-state index is 12.8. The van der Waals surface area contributed by atoms with Crippen molar-refractivity contribution in [1.82, 2.24) is 0 Å². The number of unbranched alkanes of at least 4 members (excludes halogenated alkanes) is 13. The van der Waals surface area contributed by atoms with Crippen molar-refractivity contribution in [3.8, 4) is 0 Å². The molecule has 0 aromatic carbocycles. The van der Waals surface area contributed by atoms with E-state index < -0.39 is 25.6 Å². The van der Waals surface area contributed by atoms with Gasteiger partial charge >= 0.3 is 7.60 Å². The third kappa shape index (κ3) is 18.0. The lowest BCUT2D eigenvalue weighted by Gasteiger charge is -2.33. The van der Waals surface area contributed by atoms with Gasteiger partial charge < -0.3 is 19.6 Å². The molecule has 0 aliphatic heterocycles. The Morgan fingerprint density at radius 1 is 0.818 bits per heavy atom. The summed E-state index contributed by atoms with van der Waals surface area (Å²) in [6.07, 6.45) is 18.6. The monoisotopic (exact) mass is 494 g/mol. The minimum absolute atomic E-state index is 0.253. The molecule has 0 spiro atoms. The average Bonchev–Trinajstić information content (AvgIpc) is 2.73. The van der Waals surface area contributed by atoms with Crippen molar-refractivity contribution in [3.63, 3.8) is 0 Å². The molecule has 0 aliphatic carbocycles. The zero-order valence-corrected chi connectivity index (χ0v) is 23.5. The Hall–Kier alpha value is 0.0300. The minimum atomic E-state index is -4.13. The van der Waals surface area contributed by atoms with Crippen LogP contribution in [0.1, 0.15) is 123 Å². The molecule has 3 unspecified atom stereocenters. The van der Waals surface area contributed by atoms with Crippen LogP contribution in [0.25, 0.3) is 0 Å². The molecule has 0 fully saturated rings.